The second-order valence-electron chi connectivity index (χ2n) is 4.95. The van der Waals surface area contributed by atoms with Gasteiger partial charge in [0.2, 0.25) is 0 Å². The second kappa shape index (κ2) is 6.18. The van der Waals surface area contributed by atoms with E-state index in [9.17, 15) is 0 Å². The van der Waals surface area contributed by atoms with Crippen LogP contribution in [0.4, 0.5) is 11.4 Å². The topological polar surface area (TPSA) is 33.1 Å². The van der Waals surface area contributed by atoms with Gasteiger partial charge in [-0.05, 0) is 18.6 Å². The minimum Gasteiger partial charge on any atom is -0.378 e. The van der Waals surface area contributed by atoms with Crippen LogP contribution in [0.15, 0.2) is 24.3 Å². The van der Waals surface area contributed by atoms with E-state index in [1.54, 1.807) is 0 Å². The molecule has 1 heterocycles. The molecule has 0 aliphatic rings. The molecule has 0 radical (unpaired) electrons. The molecule has 0 unspecified atom stereocenters. The summed E-state index contributed by atoms with van der Waals surface area (Å²) < 4.78 is 1.85. The Morgan fingerprint density at radius 3 is 2.60 bits per heavy atom. The molecule has 20 heavy (non-hydrogen) atoms. The minimum absolute atomic E-state index is 0.660. The van der Waals surface area contributed by atoms with Gasteiger partial charge in [0.15, 0.2) is 0 Å². The maximum atomic E-state index is 6.36. The number of benzene rings is 1. The van der Waals surface area contributed by atoms with Gasteiger partial charge in [0.25, 0.3) is 0 Å². The van der Waals surface area contributed by atoms with Crippen LogP contribution in [0.2, 0.25) is 5.02 Å². The summed E-state index contributed by atoms with van der Waals surface area (Å²) in [7, 11) is 6.00. The average Bonchev–Trinajstić information content (AvgIpc) is 2.71. The van der Waals surface area contributed by atoms with E-state index < -0.39 is 0 Å². The van der Waals surface area contributed by atoms with E-state index >= 15 is 0 Å². The van der Waals surface area contributed by atoms with Crippen molar-refractivity contribution in [2.75, 3.05) is 24.3 Å². The zero-order valence-electron chi connectivity index (χ0n) is 12.4. The molecule has 0 bridgehead atoms. The summed E-state index contributed by atoms with van der Waals surface area (Å²) in [6.07, 6.45) is 0.848. The van der Waals surface area contributed by atoms with Crippen molar-refractivity contribution in [3.8, 4) is 0 Å². The number of nitrogens with zero attached hydrogens (tertiary/aromatic N) is 3. The standard InChI is InChI=1S/C15H21ClN4/c1-5-11-15(16)14(20(4)18-11)10-17-12-8-6-7-9-13(12)19(2)3/h6-9,17H,5,10H2,1-4H3. The van der Waals surface area contributed by atoms with E-state index in [-0.39, 0.29) is 0 Å². The Balaban J connectivity index is 2.19. The van der Waals surface area contributed by atoms with E-state index in [1.807, 2.05) is 38.0 Å². The third-order valence-electron chi connectivity index (χ3n) is 3.34. The molecule has 4 nitrogen and oxygen atoms in total. The van der Waals surface area contributed by atoms with Crippen molar-refractivity contribution in [2.45, 2.75) is 19.9 Å². The molecule has 1 aromatic carbocycles. The van der Waals surface area contributed by atoms with Crippen molar-refractivity contribution < 1.29 is 0 Å². The molecule has 0 aliphatic heterocycles. The third-order valence-corrected chi connectivity index (χ3v) is 3.77. The third kappa shape index (κ3) is 2.90. The number of aryl methyl sites for hydroxylation is 2. The molecule has 0 amide bonds. The Hall–Kier alpha value is -1.68. The smallest absolute Gasteiger partial charge is 0.0868 e. The van der Waals surface area contributed by atoms with Crippen LogP contribution in [0, 0.1) is 0 Å². The highest BCUT2D eigenvalue weighted by molar-refractivity contribution is 6.31. The lowest BCUT2D eigenvalue weighted by atomic mass is 10.2. The van der Waals surface area contributed by atoms with Crippen molar-refractivity contribution >= 4 is 23.0 Å². The molecular formula is C15H21ClN4. The lowest BCUT2D eigenvalue weighted by Crippen LogP contribution is -2.13. The van der Waals surface area contributed by atoms with Gasteiger partial charge in [-0.1, -0.05) is 30.7 Å². The molecule has 108 valence electrons. The molecule has 0 atom stereocenters. The molecule has 5 heteroatoms. The van der Waals surface area contributed by atoms with Crippen LogP contribution in [-0.4, -0.2) is 23.9 Å². The number of halogens is 1. The van der Waals surface area contributed by atoms with Crippen LogP contribution < -0.4 is 10.2 Å². The first-order chi connectivity index (χ1) is 9.54. The summed E-state index contributed by atoms with van der Waals surface area (Å²) >= 11 is 6.36. The molecule has 0 saturated heterocycles. The summed E-state index contributed by atoms with van der Waals surface area (Å²) in [4.78, 5) is 2.09. The van der Waals surface area contributed by atoms with E-state index in [0.717, 1.165) is 34.2 Å². The van der Waals surface area contributed by atoms with Gasteiger partial charge >= 0.3 is 0 Å². The lowest BCUT2D eigenvalue weighted by molar-refractivity contribution is 0.707. The first-order valence-corrected chi connectivity index (χ1v) is 7.12. The van der Waals surface area contributed by atoms with E-state index in [0.29, 0.717) is 6.54 Å². The van der Waals surface area contributed by atoms with Gasteiger partial charge in [-0.3, -0.25) is 4.68 Å². The number of para-hydroxylation sites is 2. The summed E-state index contributed by atoms with van der Waals surface area (Å²) in [5.41, 5.74) is 4.21. The van der Waals surface area contributed by atoms with Crippen molar-refractivity contribution in [3.63, 3.8) is 0 Å². The normalized spacial score (nSPS) is 10.7. The van der Waals surface area contributed by atoms with Gasteiger partial charge < -0.3 is 10.2 Å². The molecule has 2 aromatic rings. The Morgan fingerprint density at radius 1 is 1.30 bits per heavy atom. The fourth-order valence-corrected chi connectivity index (χ4v) is 2.56. The monoisotopic (exact) mass is 292 g/mol. The Labute approximate surface area is 125 Å². The summed E-state index contributed by atoms with van der Waals surface area (Å²) in [5.74, 6) is 0. The number of nitrogens with one attached hydrogen (secondary N) is 1. The van der Waals surface area contributed by atoms with Crippen LogP contribution in [0.1, 0.15) is 18.3 Å². The fourth-order valence-electron chi connectivity index (χ4n) is 2.20. The van der Waals surface area contributed by atoms with Gasteiger partial charge in [0.05, 0.1) is 34.3 Å². The van der Waals surface area contributed by atoms with Crippen LogP contribution in [0.25, 0.3) is 0 Å². The van der Waals surface area contributed by atoms with Gasteiger partial charge in [-0.25, -0.2) is 0 Å². The zero-order chi connectivity index (χ0) is 14.7. The largest absolute Gasteiger partial charge is 0.378 e. The highest BCUT2D eigenvalue weighted by atomic mass is 35.5. The number of anilines is 2. The molecule has 0 aliphatic carbocycles. The number of aromatic nitrogens is 2. The first-order valence-electron chi connectivity index (χ1n) is 6.75. The number of hydrogen-bond donors (Lipinski definition) is 1. The highest BCUT2D eigenvalue weighted by Crippen LogP contribution is 2.26. The summed E-state index contributed by atoms with van der Waals surface area (Å²) in [6.45, 7) is 2.72. The molecule has 2 rings (SSSR count). The zero-order valence-corrected chi connectivity index (χ0v) is 13.2. The van der Waals surface area contributed by atoms with Crippen LogP contribution in [0.5, 0.6) is 0 Å². The molecule has 0 fully saturated rings. The minimum atomic E-state index is 0.660. The maximum absolute atomic E-state index is 6.36. The van der Waals surface area contributed by atoms with E-state index in [1.165, 1.54) is 0 Å². The second-order valence-corrected chi connectivity index (χ2v) is 5.33. The van der Waals surface area contributed by atoms with Crippen LogP contribution >= 0.6 is 11.6 Å². The number of hydrogen-bond acceptors (Lipinski definition) is 3. The van der Waals surface area contributed by atoms with Crippen molar-refractivity contribution in [2.24, 2.45) is 7.05 Å². The molecule has 1 aromatic heterocycles. The Bertz CT molecular complexity index is 590. The summed E-state index contributed by atoms with van der Waals surface area (Å²) in [5, 5.41) is 8.64. The van der Waals surface area contributed by atoms with Gasteiger partial charge in [0.1, 0.15) is 0 Å². The van der Waals surface area contributed by atoms with E-state index in [2.05, 4.69) is 34.4 Å². The SMILES string of the molecule is CCc1nn(C)c(CNc2ccccc2N(C)C)c1Cl. The Morgan fingerprint density at radius 2 is 2.00 bits per heavy atom. The fraction of sp³-hybridized carbons (Fsp3) is 0.400. The van der Waals surface area contributed by atoms with Gasteiger partial charge in [-0.2, -0.15) is 5.10 Å². The molecule has 0 saturated carbocycles. The predicted molar refractivity (Wildman–Crippen MR) is 85.7 cm³/mol. The van der Waals surface area contributed by atoms with E-state index in [4.69, 9.17) is 11.6 Å². The maximum Gasteiger partial charge on any atom is 0.0868 e. The lowest BCUT2D eigenvalue weighted by Gasteiger charge is -2.18. The molecular weight excluding hydrogens is 272 g/mol. The van der Waals surface area contributed by atoms with Crippen molar-refractivity contribution in [1.82, 2.24) is 9.78 Å². The average molecular weight is 293 g/mol. The van der Waals surface area contributed by atoms with Crippen molar-refractivity contribution in [1.29, 1.82) is 0 Å². The first kappa shape index (κ1) is 14.7. The molecule has 1 N–H and O–H groups in total. The van der Waals surface area contributed by atoms with Gasteiger partial charge in [-0.15, -0.1) is 0 Å². The number of rotatable bonds is 5. The highest BCUT2D eigenvalue weighted by Gasteiger charge is 2.13. The van der Waals surface area contributed by atoms with Gasteiger partial charge in [0, 0.05) is 21.1 Å². The predicted octanol–water partition coefficient (Wildman–Crippen LogP) is 3.31. The van der Waals surface area contributed by atoms with Crippen LogP contribution in [-0.2, 0) is 20.0 Å². The van der Waals surface area contributed by atoms with Crippen molar-refractivity contribution in [3.05, 3.63) is 40.7 Å². The summed E-state index contributed by atoms with van der Waals surface area (Å²) in [6, 6.07) is 8.22. The van der Waals surface area contributed by atoms with Crippen LogP contribution in [0.3, 0.4) is 0 Å². The quantitative estimate of drug-likeness (QED) is 0.918. The molecule has 0 spiro atoms. The Kier molecular flexibility index (Phi) is 4.55.